The van der Waals surface area contributed by atoms with Gasteiger partial charge in [0.1, 0.15) is 12.2 Å². The highest BCUT2D eigenvalue weighted by Gasteiger charge is 2.55. The number of aliphatic hydroxyl groups excluding tert-OH is 2. The molecule has 2 N–H and O–H groups in total. The zero-order valence-electron chi connectivity index (χ0n) is 21.4. The van der Waals surface area contributed by atoms with Crippen molar-refractivity contribution in [2.24, 2.45) is 46.3 Å². The predicted molar refractivity (Wildman–Crippen MR) is 139 cm³/mol. The van der Waals surface area contributed by atoms with E-state index in [2.05, 4.69) is 0 Å². The molecule has 8 aliphatic rings. The minimum Gasteiger partial charge on any atom is -0.386 e. The second-order valence-corrected chi connectivity index (χ2v) is 14.3. The van der Waals surface area contributed by atoms with Gasteiger partial charge in [0.15, 0.2) is 0 Å². The lowest BCUT2D eigenvalue weighted by molar-refractivity contribution is -0.123. The molecule has 0 amide bonds. The van der Waals surface area contributed by atoms with Crippen LogP contribution in [-0.4, -0.2) is 20.2 Å². The molecule has 2 heterocycles. The van der Waals surface area contributed by atoms with E-state index in [0.29, 0.717) is 0 Å². The van der Waals surface area contributed by atoms with Gasteiger partial charge in [-0.3, -0.25) is 0 Å². The second kappa shape index (κ2) is 7.86. The van der Waals surface area contributed by atoms with Crippen molar-refractivity contribution in [1.82, 2.24) is 9.97 Å². The molecular weight excluding hydrogens is 444 g/mol. The van der Waals surface area contributed by atoms with Crippen molar-refractivity contribution in [3.63, 3.8) is 0 Å². The molecule has 2 atom stereocenters. The van der Waals surface area contributed by atoms with Crippen molar-refractivity contribution in [2.75, 3.05) is 0 Å². The van der Waals surface area contributed by atoms with Crippen LogP contribution in [0.25, 0.3) is 11.4 Å². The predicted octanol–water partition coefficient (Wildman–Crippen LogP) is 6.64. The molecule has 8 bridgehead atoms. The topological polar surface area (TPSA) is 66.2 Å². The molecule has 0 spiro atoms. The van der Waals surface area contributed by atoms with E-state index < -0.39 is 12.2 Å². The summed E-state index contributed by atoms with van der Waals surface area (Å²) in [6.45, 7) is 0. The van der Waals surface area contributed by atoms with E-state index in [1.165, 1.54) is 38.5 Å². The highest BCUT2D eigenvalue weighted by molar-refractivity contribution is 5.54. The fourth-order valence-electron chi connectivity index (χ4n) is 11.1. The molecule has 8 aliphatic carbocycles. The molecule has 4 heteroatoms. The van der Waals surface area contributed by atoms with Crippen LogP contribution in [0.15, 0.2) is 36.4 Å². The number of rotatable bonds is 5. The first kappa shape index (κ1) is 22.2. The fourth-order valence-corrected chi connectivity index (χ4v) is 11.1. The molecule has 36 heavy (non-hydrogen) atoms. The van der Waals surface area contributed by atoms with Gasteiger partial charge in [-0.1, -0.05) is 12.1 Å². The van der Waals surface area contributed by atoms with Gasteiger partial charge in [-0.05, 0) is 137 Å². The number of hydrogen-bond acceptors (Lipinski definition) is 4. The maximum atomic E-state index is 11.7. The van der Waals surface area contributed by atoms with Crippen LogP contribution in [0.3, 0.4) is 0 Å². The lowest BCUT2D eigenvalue weighted by atomic mass is 9.48. The third-order valence-electron chi connectivity index (χ3n) is 11.7. The van der Waals surface area contributed by atoms with Gasteiger partial charge in [-0.25, -0.2) is 9.97 Å². The summed E-state index contributed by atoms with van der Waals surface area (Å²) < 4.78 is 0. The van der Waals surface area contributed by atoms with Crippen molar-refractivity contribution >= 4 is 0 Å². The molecule has 4 nitrogen and oxygen atoms in total. The summed E-state index contributed by atoms with van der Waals surface area (Å²) in [5, 5.41) is 23.3. The van der Waals surface area contributed by atoms with E-state index in [9.17, 15) is 10.2 Å². The van der Waals surface area contributed by atoms with Gasteiger partial charge in [0.25, 0.3) is 0 Å². The lowest BCUT2D eigenvalue weighted by Gasteiger charge is -2.58. The van der Waals surface area contributed by atoms with Crippen LogP contribution >= 0.6 is 0 Å². The van der Waals surface area contributed by atoms with Gasteiger partial charge in [0.05, 0.1) is 22.8 Å². The van der Waals surface area contributed by atoms with Crippen LogP contribution in [0, 0.1) is 46.3 Å². The monoisotopic (exact) mass is 484 g/mol. The number of pyridine rings is 2. The van der Waals surface area contributed by atoms with Crippen molar-refractivity contribution in [2.45, 2.75) is 89.3 Å². The van der Waals surface area contributed by atoms with E-state index in [-0.39, 0.29) is 10.8 Å². The normalized spacial score (nSPS) is 43.6. The van der Waals surface area contributed by atoms with E-state index in [0.717, 1.165) is 96.8 Å². The number of hydrogen-bond donors (Lipinski definition) is 2. The Morgan fingerprint density at radius 1 is 0.528 bits per heavy atom. The average molecular weight is 485 g/mol. The Labute approximate surface area is 215 Å². The first-order chi connectivity index (χ1) is 17.5. The Morgan fingerprint density at radius 3 is 1.14 bits per heavy atom. The quantitative estimate of drug-likeness (QED) is 0.499. The van der Waals surface area contributed by atoms with E-state index in [1.807, 2.05) is 36.4 Å². The number of aromatic nitrogens is 2. The Morgan fingerprint density at radius 2 is 0.833 bits per heavy atom. The molecule has 8 fully saturated rings. The minimum atomic E-state index is -0.494. The maximum absolute atomic E-state index is 11.7. The Hall–Kier alpha value is -1.78. The third kappa shape index (κ3) is 3.39. The average Bonchev–Trinajstić information content (AvgIpc) is 2.86. The molecule has 190 valence electrons. The Bertz CT molecular complexity index is 1010. The van der Waals surface area contributed by atoms with Crippen molar-refractivity contribution in [3.8, 4) is 11.4 Å². The maximum Gasteiger partial charge on any atom is 0.102 e. The summed E-state index contributed by atoms with van der Waals surface area (Å²) in [4.78, 5) is 10.00. The highest BCUT2D eigenvalue weighted by atomic mass is 16.3. The lowest BCUT2D eigenvalue weighted by Crippen LogP contribution is -2.49. The molecule has 0 saturated heterocycles. The fraction of sp³-hybridized carbons (Fsp3) is 0.688. The molecule has 0 unspecified atom stereocenters. The van der Waals surface area contributed by atoms with Crippen molar-refractivity contribution < 1.29 is 10.2 Å². The van der Waals surface area contributed by atoms with Gasteiger partial charge in [0.2, 0.25) is 0 Å². The van der Waals surface area contributed by atoms with E-state index in [4.69, 9.17) is 9.97 Å². The van der Waals surface area contributed by atoms with Crippen LogP contribution in [0.2, 0.25) is 0 Å². The largest absolute Gasteiger partial charge is 0.386 e. The van der Waals surface area contributed by atoms with Gasteiger partial charge in [0, 0.05) is 10.8 Å². The summed E-state index contributed by atoms with van der Waals surface area (Å²) in [5.41, 5.74) is 3.28. The molecule has 8 saturated carbocycles. The zero-order chi connectivity index (χ0) is 24.1. The van der Waals surface area contributed by atoms with Gasteiger partial charge in [-0.2, -0.15) is 0 Å². The van der Waals surface area contributed by atoms with Crippen molar-refractivity contribution in [1.29, 1.82) is 0 Å². The van der Waals surface area contributed by atoms with Gasteiger partial charge in [-0.15, -0.1) is 0 Å². The minimum absolute atomic E-state index is 0.0182. The third-order valence-corrected chi connectivity index (χ3v) is 11.7. The first-order valence-electron chi connectivity index (χ1n) is 14.8. The molecular formula is C32H40N2O2. The summed E-state index contributed by atoms with van der Waals surface area (Å²) in [6.07, 6.45) is 14.3. The molecule has 2 aromatic rings. The summed E-state index contributed by atoms with van der Waals surface area (Å²) in [5.74, 6) is 4.83. The standard InChI is InChI=1S/C32H40N2O2/c35-29(31-13-19-7-20(14-31)9-21(8-19)15-31)27-5-1-3-25(33-27)26-4-2-6-28(34-26)30(36)32-16-22-10-23(17-32)12-24(11-22)18-32/h1-6,19-24,29-30,35-36H,7-18H2/t19?,20?,21?,22?,23?,24?,29-,30-,31?,32?/m1/s1. The first-order valence-corrected chi connectivity index (χ1v) is 14.8. The molecule has 0 aromatic carbocycles. The SMILES string of the molecule is O[C@H](c1cccc(-c2cccc([C@@H](O)C34CC5CC(CC(C5)C3)C4)n2)n1)C12CC3CC(CC(C3)C1)C2. The summed E-state index contributed by atoms with van der Waals surface area (Å²) >= 11 is 0. The zero-order valence-corrected chi connectivity index (χ0v) is 21.4. The van der Waals surface area contributed by atoms with E-state index >= 15 is 0 Å². The Balaban J connectivity index is 1.08. The van der Waals surface area contributed by atoms with Crippen LogP contribution in [-0.2, 0) is 0 Å². The Kier molecular flexibility index (Phi) is 4.86. The van der Waals surface area contributed by atoms with Gasteiger partial charge >= 0.3 is 0 Å². The van der Waals surface area contributed by atoms with Crippen LogP contribution < -0.4 is 0 Å². The van der Waals surface area contributed by atoms with Crippen molar-refractivity contribution in [3.05, 3.63) is 47.8 Å². The van der Waals surface area contributed by atoms with Crippen LogP contribution in [0.1, 0.15) is 101 Å². The molecule has 0 aliphatic heterocycles. The highest BCUT2D eigenvalue weighted by Crippen LogP contribution is 2.65. The van der Waals surface area contributed by atoms with Crippen LogP contribution in [0.4, 0.5) is 0 Å². The van der Waals surface area contributed by atoms with E-state index in [1.54, 1.807) is 0 Å². The smallest absolute Gasteiger partial charge is 0.102 e. The summed E-state index contributed by atoms with van der Waals surface area (Å²) in [6, 6.07) is 12.1. The summed E-state index contributed by atoms with van der Waals surface area (Å²) in [7, 11) is 0. The molecule has 2 aromatic heterocycles. The van der Waals surface area contributed by atoms with Gasteiger partial charge < -0.3 is 10.2 Å². The molecule has 10 rings (SSSR count). The second-order valence-electron chi connectivity index (χ2n) is 14.3. The molecule has 0 radical (unpaired) electrons. The van der Waals surface area contributed by atoms with Crippen LogP contribution in [0.5, 0.6) is 0 Å². The number of aliphatic hydroxyl groups is 2. The number of nitrogens with zero attached hydrogens (tertiary/aromatic N) is 2.